The quantitative estimate of drug-likeness (QED) is 0.865. The van der Waals surface area contributed by atoms with E-state index in [9.17, 15) is 4.79 Å². The summed E-state index contributed by atoms with van der Waals surface area (Å²) < 4.78 is 6.00. The Labute approximate surface area is 107 Å². The van der Waals surface area contributed by atoms with E-state index >= 15 is 0 Å². The predicted molar refractivity (Wildman–Crippen MR) is 68.1 cm³/mol. The van der Waals surface area contributed by atoms with Crippen molar-refractivity contribution >= 4 is 27.5 Å². The van der Waals surface area contributed by atoms with Gasteiger partial charge in [0, 0.05) is 0 Å². The maximum absolute atomic E-state index is 11.8. The van der Waals surface area contributed by atoms with Gasteiger partial charge in [0.1, 0.15) is 10.4 Å². The van der Waals surface area contributed by atoms with E-state index in [0.29, 0.717) is 17.2 Å². The molecule has 2 aromatic rings. The Morgan fingerprint density at radius 2 is 2.18 bits per heavy atom. The van der Waals surface area contributed by atoms with Gasteiger partial charge >= 0.3 is 0 Å². The van der Waals surface area contributed by atoms with Crippen LogP contribution in [-0.2, 0) is 0 Å². The minimum absolute atomic E-state index is 0.276. The first-order chi connectivity index (χ1) is 8.06. The molecule has 0 atom stereocenters. The van der Waals surface area contributed by atoms with Gasteiger partial charge in [-0.1, -0.05) is 0 Å². The van der Waals surface area contributed by atoms with Crippen LogP contribution >= 0.6 is 15.9 Å². The average Bonchev–Trinajstić information content (AvgIpc) is 2.70. The number of pyridine rings is 1. The number of aryl methyl sites for hydroxylation is 2. The smallest absolute Gasteiger partial charge is 0.291 e. The number of rotatable bonds is 2. The molecule has 1 N–H and O–H groups in total. The molecule has 0 aromatic carbocycles. The second-order valence-electron chi connectivity index (χ2n) is 3.70. The molecule has 0 saturated heterocycles. The van der Waals surface area contributed by atoms with Crippen LogP contribution in [0.15, 0.2) is 33.4 Å². The third kappa shape index (κ3) is 2.74. The minimum Gasteiger partial charge on any atom is -0.456 e. The van der Waals surface area contributed by atoms with Gasteiger partial charge in [-0.3, -0.25) is 4.79 Å². The largest absolute Gasteiger partial charge is 0.456 e. The third-order valence-corrected chi connectivity index (χ3v) is 3.07. The Hall–Kier alpha value is -1.62. The topological polar surface area (TPSA) is 55.1 Å². The standard InChI is InChI=1S/C12H11BrN2O2/c1-7-5-9(6-14-11(7)13)15-12(16)10-4-3-8(2)17-10/h3-6H,1-2H3,(H,15,16). The normalized spacial score (nSPS) is 10.3. The lowest BCUT2D eigenvalue weighted by atomic mass is 10.3. The molecule has 0 unspecified atom stereocenters. The first kappa shape index (κ1) is 11.9. The summed E-state index contributed by atoms with van der Waals surface area (Å²) in [6.45, 7) is 3.70. The minimum atomic E-state index is -0.276. The van der Waals surface area contributed by atoms with Gasteiger partial charge in [0.2, 0.25) is 0 Å². The summed E-state index contributed by atoms with van der Waals surface area (Å²) in [5.74, 6) is 0.727. The van der Waals surface area contributed by atoms with Gasteiger partial charge in [-0.25, -0.2) is 4.98 Å². The molecule has 4 nitrogen and oxygen atoms in total. The molecule has 0 fully saturated rings. The van der Waals surface area contributed by atoms with E-state index in [4.69, 9.17) is 4.42 Å². The Morgan fingerprint density at radius 3 is 2.76 bits per heavy atom. The molecule has 0 radical (unpaired) electrons. The van der Waals surface area contributed by atoms with E-state index in [0.717, 1.165) is 10.2 Å². The molecule has 2 rings (SSSR count). The second-order valence-corrected chi connectivity index (χ2v) is 4.45. The van der Waals surface area contributed by atoms with Crippen molar-refractivity contribution in [1.29, 1.82) is 0 Å². The van der Waals surface area contributed by atoms with E-state index < -0.39 is 0 Å². The summed E-state index contributed by atoms with van der Waals surface area (Å²) in [5, 5.41) is 2.72. The summed E-state index contributed by atoms with van der Waals surface area (Å²) in [6.07, 6.45) is 1.59. The first-order valence-corrected chi connectivity index (χ1v) is 5.85. The molecule has 88 valence electrons. The number of nitrogens with one attached hydrogen (secondary N) is 1. The number of nitrogens with zero attached hydrogens (tertiary/aromatic N) is 1. The number of carbonyl (C=O) groups excluding carboxylic acids is 1. The highest BCUT2D eigenvalue weighted by atomic mass is 79.9. The molecule has 0 aliphatic heterocycles. The van der Waals surface area contributed by atoms with Crippen molar-refractivity contribution in [2.45, 2.75) is 13.8 Å². The van der Waals surface area contributed by atoms with E-state index in [-0.39, 0.29) is 5.91 Å². The van der Waals surface area contributed by atoms with Crippen LogP contribution in [0, 0.1) is 13.8 Å². The Kier molecular flexibility index (Phi) is 3.28. The molecule has 17 heavy (non-hydrogen) atoms. The molecule has 0 aliphatic rings. The number of hydrogen-bond acceptors (Lipinski definition) is 3. The lowest BCUT2D eigenvalue weighted by molar-refractivity contribution is 0.0995. The molecule has 0 saturated carbocycles. The third-order valence-electron chi connectivity index (χ3n) is 2.24. The Morgan fingerprint density at radius 1 is 1.41 bits per heavy atom. The van der Waals surface area contributed by atoms with Gasteiger partial charge in [0.25, 0.3) is 5.91 Å². The molecule has 2 aromatic heterocycles. The highest BCUT2D eigenvalue weighted by molar-refractivity contribution is 9.10. The van der Waals surface area contributed by atoms with Crippen molar-refractivity contribution in [2.75, 3.05) is 5.32 Å². The van der Waals surface area contributed by atoms with Crippen LogP contribution in [0.3, 0.4) is 0 Å². The van der Waals surface area contributed by atoms with Crippen LogP contribution in [0.2, 0.25) is 0 Å². The van der Waals surface area contributed by atoms with Gasteiger partial charge in [-0.05, 0) is 53.5 Å². The van der Waals surface area contributed by atoms with Crippen molar-refractivity contribution in [3.8, 4) is 0 Å². The fourth-order valence-electron chi connectivity index (χ4n) is 1.38. The van der Waals surface area contributed by atoms with Crippen molar-refractivity contribution in [3.63, 3.8) is 0 Å². The molecule has 2 heterocycles. The highest BCUT2D eigenvalue weighted by Crippen LogP contribution is 2.17. The summed E-state index contributed by atoms with van der Waals surface area (Å²) in [7, 11) is 0. The van der Waals surface area contributed by atoms with Crippen LogP contribution in [0.5, 0.6) is 0 Å². The molecule has 0 bridgehead atoms. The lowest BCUT2D eigenvalue weighted by Gasteiger charge is -2.04. The first-order valence-electron chi connectivity index (χ1n) is 5.06. The zero-order valence-corrected chi connectivity index (χ0v) is 11.0. The number of furan rings is 1. The zero-order valence-electron chi connectivity index (χ0n) is 9.45. The second kappa shape index (κ2) is 4.71. The number of aromatic nitrogens is 1. The van der Waals surface area contributed by atoms with Gasteiger partial charge in [-0.2, -0.15) is 0 Å². The summed E-state index contributed by atoms with van der Waals surface area (Å²) in [6, 6.07) is 5.23. The fourth-order valence-corrected chi connectivity index (χ4v) is 1.59. The molecule has 5 heteroatoms. The average molecular weight is 295 g/mol. The summed E-state index contributed by atoms with van der Waals surface area (Å²) in [4.78, 5) is 15.9. The van der Waals surface area contributed by atoms with E-state index in [1.807, 2.05) is 13.0 Å². The number of hydrogen-bond donors (Lipinski definition) is 1. The van der Waals surface area contributed by atoms with Crippen LogP contribution in [-0.4, -0.2) is 10.9 Å². The molecule has 1 amide bonds. The van der Waals surface area contributed by atoms with Gasteiger partial charge in [0.05, 0.1) is 11.9 Å². The number of halogens is 1. The SMILES string of the molecule is Cc1ccc(C(=O)Nc2cnc(Br)c(C)c2)o1. The maximum Gasteiger partial charge on any atom is 0.291 e. The number of anilines is 1. The van der Waals surface area contributed by atoms with Crippen LogP contribution < -0.4 is 5.32 Å². The predicted octanol–water partition coefficient (Wildman–Crippen LogP) is 3.31. The molecule has 0 aliphatic carbocycles. The van der Waals surface area contributed by atoms with Gasteiger partial charge < -0.3 is 9.73 Å². The molecular weight excluding hydrogens is 284 g/mol. The lowest BCUT2D eigenvalue weighted by Crippen LogP contribution is -2.11. The Bertz CT molecular complexity index is 563. The van der Waals surface area contributed by atoms with Crippen molar-refractivity contribution in [1.82, 2.24) is 4.98 Å². The van der Waals surface area contributed by atoms with Crippen LogP contribution in [0.25, 0.3) is 0 Å². The van der Waals surface area contributed by atoms with Gasteiger partial charge in [0.15, 0.2) is 5.76 Å². The molecular formula is C12H11BrN2O2. The maximum atomic E-state index is 11.8. The Balaban J connectivity index is 2.15. The summed E-state index contributed by atoms with van der Waals surface area (Å²) >= 11 is 3.30. The fraction of sp³-hybridized carbons (Fsp3) is 0.167. The van der Waals surface area contributed by atoms with E-state index in [1.165, 1.54) is 0 Å². The number of carbonyl (C=O) groups is 1. The van der Waals surface area contributed by atoms with Crippen molar-refractivity contribution < 1.29 is 9.21 Å². The van der Waals surface area contributed by atoms with E-state index in [2.05, 4.69) is 26.2 Å². The highest BCUT2D eigenvalue weighted by Gasteiger charge is 2.10. The molecule has 0 spiro atoms. The van der Waals surface area contributed by atoms with Crippen LogP contribution in [0.1, 0.15) is 21.9 Å². The van der Waals surface area contributed by atoms with E-state index in [1.54, 1.807) is 25.3 Å². The van der Waals surface area contributed by atoms with Crippen molar-refractivity contribution in [3.05, 3.63) is 46.1 Å². The number of amides is 1. The van der Waals surface area contributed by atoms with Crippen molar-refractivity contribution in [2.24, 2.45) is 0 Å². The summed E-state index contributed by atoms with van der Waals surface area (Å²) in [5.41, 5.74) is 1.60. The zero-order chi connectivity index (χ0) is 12.4. The van der Waals surface area contributed by atoms with Crippen LogP contribution in [0.4, 0.5) is 5.69 Å². The van der Waals surface area contributed by atoms with Gasteiger partial charge in [-0.15, -0.1) is 0 Å². The monoisotopic (exact) mass is 294 g/mol.